The number of hydrogen-bond donors (Lipinski definition) is 2. The van der Waals surface area contributed by atoms with Gasteiger partial charge in [-0.05, 0) is 36.5 Å². The Morgan fingerprint density at radius 3 is 2.23 bits per heavy atom. The SMILES string of the molecule is COc1ccc(OC)c(NC(=S)Nc2cc(F)cc(F)c2)c1. The van der Waals surface area contributed by atoms with Crippen molar-refractivity contribution in [2.75, 3.05) is 24.9 Å². The molecule has 4 nitrogen and oxygen atoms in total. The molecule has 2 aromatic rings. The second-order valence-electron chi connectivity index (χ2n) is 4.30. The summed E-state index contributed by atoms with van der Waals surface area (Å²) in [5, 5.41) is 5.76. The number of anilines is 2. The van der Waals surface area contributed by atoms with E-state index < -0.39 is 11.6 Å². The van der Waals surface area contributed by atoms with E-state index in [0.717, 1.165) is 18.2 Å². The smallest absolute Gasteiger partial charge is 0.175 e. The van der Waals surface area contributed by atoms with Crippen molar-refractivity contribution in [3.8, 4) is 11.5 Å². The van der Waals surface area contributed by atoms with Gasteiger partial charge >= 0.3 is 0 Å². The van der Waals surface area contributed by atoms with Crippen molar-refractivity contribution in [3.05, 3.63) is 48.0 Å². The van der Waals surface area contributed by atoms with Gasteiger partial charge in [-0.1, -0.05) is 0 Å². The zero-order valence-electron chi connectivity index (χ0n) is 11.9. The van der Waals surface area contributed by atoms with Gasteiger partial charge in [0.2, 0.25) is 0 Å². The lowest BCUT2D eigenvalue weighted by molar-refractivity contribution is 0.405. The lowest BCUT2D eigenvalue weighted by atomic mass is 10.2. The second kappa shape index (κ2) is 7.04. The number of methoxy groups -OCH3 is 2. The fourth-order valence-corrected chi connectivity index (χ4v) is 2.05. The molecule has 0 atom stereocenters. The average molecular weight is 324 g/mol. The molecule has 0 aromatic heterocycles. The van der Waals surface area contributed by atoms with Gasteiger partial charge in [0.05, 0.1) is 19.9 Å². The third-order valence-corrected chi connectivity index (χ3v) is 2.98. The summed E-state index contributed by atoms with van der Waals surface area (Å²) in [6, 6.07) is 8.21. The summed E-state index contributed by atoms with van der Waals surface area (Å²) in [7, 11) is 3.06. The monoisotopic (exact) mass is 324 g/mol. The maximum absolute atomic E-state index is 13.1. The Hall–Kier alpha value is -2.41. The van der Waals surface area contributed by atoms with E-state index in [-0.39, 0.29) is 10.8 Å². The highest BCUT2D eigenvalue weighted by Crippen LogP contribution is 2.29. The summed E-state index contributed by atoms with van der Waals surface area (Å²) < 4.78 is 36.6. The van der Waals surface area contributed by atoms with Crippen LogP contribution in [0.5, 0.6) is 11.5 Å². The van der Waals surface area contributed by atoms with Crippen molar-refractivity contribution < 1.29 is 18.3 Å². The maximum atomic E-state index is 13.1. The van der Waals surface area contributed by atoms with Gasteiger partial charge in [0, 0.05) is 17.8 Å². The normalized spacial score (nSPS) is 10.0. The van der Waals surface area contributed by atoms with Crippen molar-refractivity contribution in [1.29, 1.82) is 0 Å². The number of hydrogen-bond acceptors (Lipinski definition) is 3. The first kappa shape index (κ1) is 16.0. The van der Waals surface area contributed by atoms with E-state index in [1.54, 1.807) is 18.2 Å². The van der Waals surface area contributed by atoms with Gasteiger partial charge in [0.1, 0.15) is 23.1 Å². The van der Waals surface area contributed by atoms with Crippen molar-refractivity contribution in [1.82, 2.24) is 0 Å². The highest BCUT2D eigenvalue weighted by molar-refractivity contribution is 7.80. The molecule has 7 heteroatoms. The molecule has 0 aliphatic rings. The molecular weight excluding hydrogens is 310 g/mol. The zero-order chi connectivity index (χ0) is 16.1. The quantitative estimate of drug-likeness (QED) is 0.838. The lowest BCUT2D eigenvalue weighted by Crippen LogP contribution is -2.19. The summed E-state index contributed by atoms with van der Waals surface area (Å²) in [5.41, 5.74) is 0.771. The fourth-order valence-electron chi connectivity index (χ4n) is 1.82. The van der Waals surface area contributed by atoms with Crippen molar-refractivity contribution in [2.45, 2.75) is 0 Å². The maximum Gasteiger partial charge on any atom is 0.175 e. The van der Waals surface area contributed by atoms with Gasteiger partial charge in [0.25, 0.3) is 0 Å². The van der Waals surface area contributed by atoms with E-state index in [1.165, 1.54) is 14.2 Å². The molecule has 116 valence electrons. The minimum Gasteiger partial charge on any atom is -0.497 e. The van der Waals surface area contributed by atoms with E-state index in [9.17, 15) is 8.78 Å². The Balaban J connectivity index is 2.14. The van der Waals surface area contributed by atoms with Gasteiger partial charge in [-0.15, -0.1) is 0 Å². The molecule has 2 rings (SSSR count). The van der Waals surface area contributed by atoms with Gasteiger partial charge in [-0.25, -0.2) is 8.78 Å². The molecule has 0 aliphatic heterocycles. The number of ether oxygens (including phenoxy) is 2. The van der Waals surface area contributed by atoms with Crippen LogP contribution in [0.3, 0.4) is 0 Å². The molecular formula is C15H14F2N2O2S. The van der Waals surface area contributed by atoms with Crippen LogP contribution in [0.25, 0.3) is 0 Å². The number of rotatable bonds is 4. The third-order valence-electron chi connectivity index (χ3n) is 2.78. The van der Waals surface area contributed by atoms with Crippen LogP contribution < -0.4 is 20.1 Å². The minimum absolute atomic E-state index is 0.163. The molecule has 0 fully saturated rings. The Bertz CT molecular complexity index is 675. The van der Waals surface area contributed by atoms with E-state index in [2.05, 4.69) is 10.6 Å². The van der Waals surface area contributed by atoms with Gasteiger partial charge in [0.15, 0.2) is 5.11 Å². The molecule has 0 heterocycles. The number of halogens is 2. The molecule has 0 saturated heterocycles. The molecule has 0 bridgehead atoms. The van der Waals surface area contributed by atoms with E-state index >= 15 is 0 Å². The minimum atomic E-state index is -0.690. The lowest BCUT2D eigenvalue weighted by Gasteiger charge is -2.14. The van der Waals surface area contributed by atoms with Crippen LogP contribution in [0.15, 0.2) is 36.4 Å². The highest BCUT2D eigenvalue weighted by Gasteiger charge is 2.08. The topological polar surface area (TPSA) is 42.5 Å². The standard InChI is InChI=1S/C15H14F2N2O2S/c1-20-12-3-4-14(21-2)13(8-12)19-15(22)18-11-6-9(16)5-10(17)7-11/h3-8H,1-2H3,(H2,18,19,22). The Kier molecular flexibility index (Phi) is 5.11. The molecule has 2 aromatic carbocycles. The van der Waals surface area contributed by atoms with Crippen LogP contribution in [-0.4, -0.2) is 19.3 Å². The summed E-state index contributed by atoms with van der Waals surface area (Å²) >= 11 is 5.13. The second-order valence-corrected chi connectivity index (χ2v) is 4.71. The Labute approximate surface area is 132 Å². The molecule has 0 spiro atoms. The molecule has 0 amide bonds. The van der Waals surface area contributed by atoms with Crippen LogP contribution >= 0.6 is 12.2 Å². The molecule has 0 aliphatic carbocycles. The molecule has 22 heavy (non-hydrogen) atoms. The zero-order valence-corrected chi connectivity index (χ0v) is 12.8. The molecule has 2 N–H and O–H groups in total. The first-order valence-electron chi connectivity index (χ1n) is 6.28. The number of nitrogens with one attached hydrogen (secondary N) is 2. The summed E-state index contributed by atoms with van der Waals surface area (Å²) in [6.07, 6.45) is 0. The number of benzene rings is 2. The molecule has 0 radical (unpaired) electrons. The van der Waals surface area contributed by atoms with Crippen LogP contribution in [0, 0.1) is 11.6 Å². The van der Waals surface area contributed by atoms with Crippen LogP contribution in [0.1, 0.15) is 0 Å². The average Bonchev–Trinajstić information content (AvgIpc) is 2.45. The van der Waals surface area contributed by atoms with E-state index in [0.29, 0.717) is 17.2 Å². The van der Waals surface area contributed by atoms with Crippen LogP contribution in [-0.2, 0) is 0 Å². The summed E-state index contributed by atoms with van der Waals surface area (Å²) in [4.78, 5) is 0. The largest absolute Gasteiger partial charge is 0.497 e. The van der Waals surface area contributed by atoms with Gasteiger partial charge in [-0.3, -0.25) is 0 Å². The van der Waals surface area contributed by atoms with E-state index in [4.69, 9.17) is 21.7 Å². The number of thiocarbonyl (C=S) groups is 1. The first-order chi connectivity index (χ1) is 10.5. The van der Waals surface area contributed by atoms with E-state index in [1.807, 2.05) is 0 Å². The Morgan fingerprint density at radius 2 is 1.64 bits per heavy atom. The first-order valence-corrected chi connectivity index (χ1v) is 6.69. The van der Waals surface area contributed by atoms with Crippen molar-refractivity contribution in [3.63, 3.8) is 0 Å². The third kappa shape index (κ3) is 4.05. The van der Waals surface area contributed by atoms with Gasteiger partial charge in [-0.2, -0.15) is 0 Å². The fraction of sp³-hybridized carbons (Fsp3) is 0.133. The predicted molar refractivity (Wildman–Crippen MR) is 85.7 cm³/mol. The van der Waals surface area contributed by atoms with Crippen molar-refractivity contribution >= 4 is 28.7 Å². The van der Waals surface area contributed by atoms with Crippen molar-refractivity contribution in [2.24, 2.45) is 0 Å². The summed E-state index contributed by atoms with van der Waals surface area (Å²) in [6.45, 7) is 0. The Morgan fingerprint density at radius 1 is 0.955 bits per heavy atom. The van der Waals surface area contributed by atoms with Gasteiger partial charge < -0.3 is 20.1 Å². The van der Waals surface area contributed by atoms with Crippen LogP contribution in [0.2, 0.25) is 0 Å². The van der Waals surface area contributed by atoms with Crippen LogP contribution in [0.4, 0.5) is 20.2 Å². The molecule has 0 saturated carbocycles. The summed E-state index contributed by atoms with van der Waals surface area (Å²) in [5.74, 6) is -0.216. The highest BCUT2D eigenvalue weighted by atomic mass is 32.1. The predicted octanol–water partition coefficient (Wildman–Crippen LogP) is 3.79. The molecule has 0 unspecified atom stereocenters.